The molecular formula is C26H24F3N3OS. The van der Waals surface area contributed by atoms with E-state index in [0.29, 0.717) is 5.92 Å². The first-order valence-electron chi connectivity index (χ1n) is 11.3. The van der Waals surface area contributed by atoms with E-state index in [1.165, 1.54) is 35.4 Å². The van der Waals surface area contributed by atoms with Crippen LogP contribution in [0.25, 0.3) is 21.3 Å². The molecule has 0 saturated heterocycles. The van der Waals surface area contributed by atoms with Crippen LogP contribution in [0.2, 0.25) is 0 Å². The number of aryl methyl sites for hydroxylation is 2. The highest BCUT2D eigenvalue weighted by atomic mass is 32.1. The Bertz CT molecular complexity index is 1280. The predicted molar refractivity (Wildman–Crippen MR) is 129 cm³/mol. The number of aromatic nitrogens is 2. The number of nitrogens with zero attached hydrogens (tertiary/aromatic N) is 2. The molecule has 0 aliphatic heterocycles. The molecule has 34 heavy (non-hydrogen) atoms. The fraction of sp³-hybridized carbons (Fsp3) is 0.308. The maximum absolute atomic E-state index is 12.3. The third-order valence-corrected chi connectivity index (χ3v) is 6.73. The maximum atomic E-state index is 12.3. The van der Waals surface area contributed by atoms with Crippen molar-refractivity contribution in [2.24, 2.45) is 0 Å². The molecule has 4 nitrogen and oxygen atoms in total. The molecule has 0 radical (unpaired) electrons. The molecule has 1 aliphatic rings. The first kappa shape index (κ1) is 22.7. The van der Waals surface area contributed by atoms with Gasteiger partial charge in [0.25, 0.3) is 0 Å². The van der Waals surface area contributed by atoms with Crippen LogP contribution in [0.4, 0.5) is 19.0 Å². The van der Waals surface area contributed by atoms with Gasteiger partial charge in [-0.1, -0.05) is 36.4 Å². The third kappa shape index (κ3) is 5.50. The van der Waals surface area contributed by atoms with Crippen molar-refractivity contribution in [3.05, 3.63) is 70.9 Å². The van der Waals surface area contributed by atoms with Crippen molar-refractivity contribution in [2.45, 2.75) is 44.9 Å². The van der Waals surface area contributed by atoms with E-state index in [0.717, 1.165) is 52.4 Å². The zero-order valence-corrected chi connectivity index (χ0v) is 19.5. The molecule has 0 unspecified atom stereocenters. The molecular weight excluding hydrogens is 459 g/mol. The summed E-state index contributed by atoms with van der Waals surface area (Å²) in [5.41, 5.74) is 3.00. The Morgan fingerprint density at radius 1 is 1.00 bits per heavy atom. The van der Waals surface area contributed by atoms with Gasteiger partial charge in [0.1, 0.15) is 22.2 Å². The second-order valence-corrected chi connectivity index (χ2v) is 9.81. The summed E-state index contributed by atoms with van der Waals surface area (Å²) in [6.45, 7) is 2.91. The number of thiophene rings is 1. The molecule has 1 aliphatic carbocycles. The topological polar surface area (TPSA) is 47.0 Å². The Morgan fingerprint density at radius 3 is 2.32 bits per heavy atom. The minimum Gasteiger partial charge on any atom is -0.406 e. The van der Waals surface area contributed by atoms with Crippen molar-refractivity contribution in [1.82, 2.24) is 9.97 Å². The van der Waals surface area contributed by atoms with Crippen LogP contribution in [-0.2, 0) is 6.42 Å². The Balaban J connectivity index is 1.17. The number of nitrogens with one attached hydrogen (secondary N) is 1. The van der Waals surface area contributed by atoms with Gasteiger partial charge in [0.15, 0.2) is 0 Å². The molecule has 4 aromatic rings. The smallest absolute Gasteiger partial charge is 0.406 e. The molecule has 176 valence electrons. The van der Waals surface area contributed by atoms with Gasteiger partial charge in [-0.3, -0.25) is 0 Å². The van der Waals surface area contributed by atoms with E-state index < -0.39 is 6.36 Å². The number of alkyl halides is 3. The lowest BCUT2D eigenvalue weighted by Gasteiger charge is -2.10. The van der Waals surface area contributed by atoms with Crippen LogP contribution < -0.4 is 10.1 Å². The number of hydrogen-bond donors (Lipinski definition) is 1. The summed E-state index contributed by atoms with van der Waals surface area (Å²) in [6.07, 6.45) is -0.457. The molecule has 5 rings (SSSR count). The van der Waals surface area contributed by atoms with Gasteiger partial charge >= 0.3 is 6.36 Å². The number of benzene rings is 2. The van der Waals surface area contributed by atoms with Gasteiger partial charge in [0, 0.05) is 17.3 Å². The van der Waals surface area contributed by atoms with E-state index in [9.17, 15) is 13.2 Å². The van der Waals surface area contributed by atoms with Crippen molar-refractivity contribution in [1.29, 1.82) is 0 Å². The van der Waals surface area contributed by atoms with Crippen LogP contribution in [0, 0.1) is 6.92 Å². The molecule has 1 N–H and O–H groups in total. The van der Waals surface area contributed by atoms with Gasteiger partial charge < -0.3 is 10.1 Å². The lowest BCUT2D eigenvalue weighted by Crippen LogP contribution is -2.16. The molecule has 0 amide bonds. The molecule has 2 aromatic heterocycles. The number of ether oxygens (including phenoxy) is 1. The van der Waals surface area contributed by atoms with E-state index in [1.807, 2.05) is 12.1 Å². The molecule has 0 atom stereocenters. The van der Waals surface area contributed by atoms with Gasteiger partial charge in [0.05, 0.1) is 5.39 Å². The Morgan fingerprint density at radius 2 is 1.68 bits per heavy atom. The average Bonchev–Trinajstić information content (AvgIpc) is 3.57. The van der Waals surface area contributed by atoms with Crippen LogP contribution in [0.3, 0.4) is 0 Å². The summed E-state index contributed by atoms with van der Waals surface area (Å²) in [5, 5.41) is 4.62. The summed E-state index contributed by atoms with van der Waals surface area (Å²) in [4.78, 5) is 11.9. The molecule has 0 spiro atoms. The van der Waals surface area contributed by atoms with Gasteiger partial charge in [-0.15, -0.1) is 24.5 Å². The lowest BCUT2D eigenvalue weighted by molar-refractivity contribution is -0.274. The van der Waals surface area contributed by atoms with Crippen molar-refractivity contribution in [2.75, 3.05) is 11.9 Å². The summed E-state index contributed by atoms with van der Waals surface area (Å²) >= 11 is 1.72. The molecule has 2 aromatic carbocycles. The second kappa shape index (κ2) is 9.25. The highest BCUT2D eigenvalue weighted by Crippen LogP contribution is 2.40. The van der Waals surface area contributed by atoms with Gasteiger partial charge in [-0.05, 0) is 67.5 Å². The van der Waals surface area contributed by atoms with Crippen LogP contribution in [0.1, 0.15) is 41.4 Å². The minimum absolute atomic E-state index is 0.219. The van der Waals surface area contributed by atoms with Crippen LogP contribution in [0.5, 0.6) is 5.75 Å². The van der Waals surface area contributed by atoms with Crippen LogP contribution >= 0.6 is 11.3 Å². The standard InChI is InChI=1S/C26H24F3N3OS/c1-16-15-22-24(31-23(20-8-9-20)32-25(22)34-16)30-14-2-3-17-4-6-18(7-5-17)19-10-12-21(13-11-19)33-26(27,28)29/h4-7,10-13,15,20H,2-3,8-9,14H2,1H3,(H,30,31,32). The van der Waals surface area contributed by atoms with E-state index in [1.54, 1.807) is 23.5 Å². The summed E-state index contributed by atoms with van der Waals surface area (Å²) in [6, 6.07) is 16.2. The zero-order chi connectivity index (χ0) is 23.7. The highest BCUT2D eigenvalue weighted by Gasteiger charge is 2.31. The Labute approximate surface area is 199 Å². The van der Waals surface area contributed by atoms with Crippen molar-refractivity contribution >= 4 is 27.4 Å². The first-order chi connectivity index (χ1) is 16.3. The predicted octanol–water partition coefficient (Wildman–Crippen LogP) is 7.49. The Kier molecular flexibility index (Phi) is 6.16. The maximum Gasteiger partial charge on any atom is 0.573 e. The van der Waals surface area contributed by atoms with E-state index in [2.05, 4.69) is 35.2 Å². The largest absolute Gasteiger partial charge is 0.573 e. The summed E-state index contributed by atoms with van der Waals surface area (Å²) in [5.74, 6) is 2.19. The number of hydrogen-bond acceptors (Lipinski definition) is 5. The quantitative estimate of drug-likeness (QED) is 0.264. The Hall–Kier alpha value is -3.13. The third-order valence-electron chi connectivity index (χ3n) is 5.79. The molecule has 8 heteroatoms. The molecule has 1 saturated carbocycles. The van der Waals surface area contributed by atoms with Crippen molar-refractivity contribution in [3.63, 3.8) is 0 Å². The number of anilines is 1. The summed E-state index contributed by atoms with van der Waals surface area (Å²) in [7, 11) is 0. The van der Waals surface area contributed by atoms with Gasteiger partial charge in [-0.2, -0.15) is 0 Å². The lowest BCUT2D eigenvalue weighted by atomic mass is 10.0. The molecule has 2 heterocycles. The van der Waals surface area contributed by atoms with E-state index in [-0.39, 0.29) is 5.75 Å². The van der Waals surface area contributed by atoms with Crippen LogP contribution in [0.15, 0.2) is 54.6 Å². The SMILES string of the molecule is Cc1cc2c(NCCCc3ccc(-c4ccc(OC(F)(F)F)cc4)cc3)nc(C3CC3)nc2s1. The summed E-state index contributed by atoms with van der Waals surface area (Å²) < 4.78 is 40.9. The normalized spacial score (nSPS) is 13.9. The highest BCUT2D eigenvalue weighted by molar-refractivity contribution is 7.18. The zero-order valence-electron chi connectivity index (χ0n) is 18.7. The van der Waals surface area contributed by atoms with Crippen molar-refractivity contribution in [3.8, 4) is 16.9 Å². The second-order valence-electron chi connectivity index (χ2n) is 8.58. The number of fused-ring (bicyclic) bond motifs is 1. The monoisotopic (exact) mass is 483 g/mol. The average molecular weight is 484 g/mol. The minimum atomic E-state index is -4.68. The molecule has 0 bridgehead atoms. The fourth-order valence-corrected chi connectivity index (χ4v) is 4.82. The van der Waals surface area contributed by atoms with E-state index in [4.69, 9.17) is 9.97 Å². The van der Waals surface area contributed by atoms with Crippen molar-refractivity contribution < 1.29 is 17.9 Å². The fourth-order valence-electron chi connectivity index (χ4n) is 3.93. The van der Waals surface area contributed by atoms with Crippen LogP contribution in [-0.4, -0.2) is 22.9 Å². The molecule has 1 fully saturated rings. The van der Waals surface area contributed by atoms with E-state index >= 15 is 0 Å². The van der Waals surface area contributed by atoms with Gasteiger partial charge in [-0.25, -0.2) is 9.97 Å². The first-order valence-corrected chi connectivity index (χ1v) is 12.1. The number of rotatable bonds is 8. The number of halogens is 3. The van der Waals surface area contributed by atoms with Gasteiger partial charge in [0.2, 0.25) is 0 Å².